The molecular formula is C16H34N2O. The smallest absolute Gasteiger partial charge is 0.0596 e. The average molecular weight is 270 g/mol. The molecular weight excluding hydrogens is 236 g/mol. The second-order valence-electron chi connectivity index (χ2n) is 7.42. The minimum Gasteiger partial charge on any atom is -0.377 e. The molecule has 0 aromatic carbocycles. The van der Waals surface area contributed by atoms with Crippen LogP contribution in [0.4, 0.5) is 0 Å². The van der Waals surface area contributed by atoms with Gasteiger partial charge < -0.3 is 4.74 Å². The highest BCUT2D eigenvalue weighted by Crippen LogP contribution is 2.20. The Bertz CT molecular complexity index is 248. The largest absolute Gasteiger partial charge is 0.377 e. The van der Waals surface area contributed by atoms with E-state index in [0.29, 0.717) is 17.6 Å². The minimum absolute atomic E-state index is 0.352. The van der Waals surface area contributed by atoms with Crippen LogP contribution in [-0.4, -0.2) is 61.3 Å². The summed E-state index contributed by atoms with van der Waals surface area (Å²) in [6, 6.07) is 0.676. The molecule has 0 bridgehead atoms. The van der Waals surface area contributed by atoms with Crippen molar-refractivity contribution in [3.8, 4) is 0 Å². The fourth-order valence-corrected chi connectivity index (χ4v) is 2.50. The van der Waals surface area contributed by atoms with E-state index < -0.39 is 0 Å². The van der Waals surface area contributed by atoms with Crippen molar-refractivity contribution >= 4 is 0 Å². The second-order valence-corrected chi connectivity index (χ2v) is 7.42. The van der Waals surface area contributed by atoms with Gasteiger partial charge in [0, 0.05) is 32.2 Å². The Hall–Kier alpha value is -0.120. The molecule has 0 spiro atoms. The second kappa shape index (κ2) is 7.61. The highest BCUT2D eigenvalue weighted by atomic mass is 16.5. The van der Waals surface area contributed by atoms with Gasteiger partial charge in [0.25, 0.3) is 0 Å². The monoisotopic (exact) mass is 270 g/mol. The van der Waals surface area contributed by atoms with Gasteiger partial charge in [-0.05, 0) is 39.2 Å². The van der Waals surface area contributed by atoms with Crippen molar-refractivity contribution in [2.24, 2.45) is 5.41 Å². The summed E-state index contributed by atoms with van der Waals surface area (Å²) < 4.78 is 5.64. The molecule has 19 heavy (non-hydrogen) atoms. The Morgan fingerprint density at radius 2 is 1.84 bits per heavy atom. The van der Waals surface area contributed by atoms with E-state index in [4.69, 9.17) is 4.74 Å². The Morgan fingerprint density at radius 1 is 1.16 bits per heavy atom. The van der Waals surface area contributed by atoms with Crippen LogP contribution in [0.5, 0.6) is 0 Å². The summed E-state index contributed by atoms with van der Waals surface area (Å²) in [6.07, 6.45) is 1.64. The lowest BCUT2D eigenvalue weighted by molar-refractivity contribution is 0.0285. The van der Waals surface area contributed by atoms with Crippen molar-refractivity contribution in [1.29, 1.82) is 0 Å². The number of hydrogen-bond donors (Lipinski definition) is 0. The first-order valence-electron chi connectivity index (χ1n) is 7.86. The Labute approximate surface area is 120 Å². The lowest BCUT2D eigenvalue weighted by atomic mass is 9.92. The summed E-state index contributed by atoms with van der Waals surface area (Å²) >= 11 is 0. The summed E-state index contributed by atoms with van der Waals surface area (Å²) in [6.45, 7) is 20.3. The molecule has 1 heterocycles. The average Bonchev–Trinajstić information content (AvgIpc) is 2.26. The zero-order chi connectivity index (χ0) is 14.5. The van der Waals surface area contributed by atoms with Gasteiger partial charge in [-0.1, -0.05) is 20.8 Å². The van der Waals surface area contributed by atoms with Crippen LogP contribution in [0, 0.1) is 5.41 Å². The highest BCUT2D eigenvalue weighted by Gasteiger charge is 2.24. The molecule has 0 aromatic heterocycles. The molecule has 0 aromatic rings. The fraction of sp³-hybridized carbons (Fsp3) is 1.00. The predicted octanol–water partition coefficient (Wildman–Crippen LogP) is 2.85. The standard InChI is InChI=1S/C16H34N2O/c1-14(2)19-12-11-17-9-10-18(15(3)13-17)8-7-16(4,5)6/h14-15H,7-13H2,1-6H3/t15-/m0/s1. The molecule has 0 unspecified atom stereocenters. The van der Waals surface area contributed by atoms with Gasteiger partial charge in [-0.25, -0.2) is 0 Å². The van der Waals surface area contributed by atoms with Crippen molar-refractivity contribution in [3.63, 3.8) is 0 Å². The third-order valence-corrected chi connectivity index (χ3v) is 3.86. The van der Waals surface area contributed by atoms with Crippen molar-refractivity contribution in [3.05, 3.63) is 0 Å². The normalized spacial score (nSPS) is 23.2. The van der Waals surface area contributed by atoms with Crippen molar-refractivity contribution in [2.75, 3.05) is 39.3 Å². The van der Waals surface area contributed by atoms with Gasteiger partial charge in [0.05, 0.1) is 12.7 Å². The van der Waals surface area contributed by atoms with E-state index >= 15 is 0 Å². The van der Waals surface area contributed by atoms with Crippen LogP contribution in [0.3, 0.4) is 0 Å². The Balaban J connectivity index is 2.23. The molecule has 1 atom stereocenters. The highest BCUT2D eigenvalue weighted by molar-refractivity contribution is 4.80. The quantitative estimate of drug-likeness (QED) is 0.738. The molecule has 0 amide bonds. The summed E-state index contributed by atoms with van der Waals surface area (Å²) in [7, 11) is 0. The van der Waals surface area contributed by atoms with E-state index in [1.807, 2.05) is 0 Å². The van der Waals surface area contributed by atoms with Crippen LogP contribution in [0.15, 0.2) is 0 Å². The van der Waals surface area contributed by atoms with E-state index in [-0.39, 0.29) is 0 Å². The zero-order valence-electron chi connectivity index (χ0n) is 13.9. The van der Waals surface area contributed by atoms with Crippen LogP contribution in [0.25, 0.3) is 0 Å². The molecule has 0 radical (unpaired) electrons. The molecule has 1 fully saturated rings. The van der Waals surface area contributed by atoms with Gasteiger partial charge in [-0.3, -0.25) is 9.80 Å². The molecule has 114 valence electrons. The van der Waals surface area contributed by atoms with Crippen molar-refractivity contribution in [1.82, 2.24) is 9.80 Å². The SMILES string of the molecule is CC(C)OCCN1CCN(CCC(C)(C)C)[C@@H](C)C1. The predicted molar refractivity (Wildman–Crippen MR) is 82.6 cm³/mol. The van der Waals surface area contributed by atoms with Gasteiger partial charge >= 0.3 is 0 Å². The maximum atomic E-state index is 5.64. The number of ether oxygens (including phenoxy) is 1. The van der Waals surface area contributed by atoms with Crippen LogP contribution in [0.1, 0.15) is 48.0 Å². The molecule has 3 nitrogen and oxygen atoms in total. The first-order valence-corrected chi connectivity index (χ1v) is 7.86. The minimum atomic E-state index is 0.352. The maximum absolute atomic E-state index is 5.64. The van der Waals surface area contributed by atoms with E-state index in [9.17, 15) is 0 Å². The number of nitrogens with zero attached hydrogens (tertiary/aromatic N) is 2. The molecule has 1 aliphatic rings. The van der Waals surface area contributed by atoms with Gasteiger partial charge in [0.2, 0.25) is 0 Å². The third-order valence-electron chi connectivity index (χ3n) is 3.86. The van der Waals surface area contributed by atoms with Crippen LogP contribution >= 0.6 is 0 Å². The van der Waals surface area contributed by atoms with Gasteiger partial charge in [0.1, 0.15) is 0 Å². The Kier molecular flexibility index (Phi) is 6.78. The fourth-order valence-electron chi connectivity index (χ4n) is 2.50. The van der Waals surface area contributed by atoms with Gasteiger partial charge in [-0.2, -0.15) is 0 Å². The molecule has 3 heteroatoms. The Morgan fingerprint density at radius 3 is 2.37 bits per heavy atom. The summed E-state index contributed by atoms with van der Waals surface area (Å²) in [5.74, 6) is 0. The topological polar surface area (TPSA) is 15.7 Å². The van der Waals surface area contributed by atoms with E-state index in [1.54, 1.807) is 0 Å². The number of piperazine rings is 1. The van der Waals surface area contributed by atoms with Crippen LogP contribution in [-0.2, 0) is 4.74 Å². The molecule has 1 rings (SSSR count). The molecule has 0 aliphatic carbocycles. The maximum Gasteiger partial charge on any atom is 0.0596 e. The van der Waals surface area contributed by atoms with E-state index in [0.717, 1.165) is 13.2 Å². The van der Waals surface area contributed by atoms with Crippen molar-refractivity contribution < 1.29 is 4.74 Å². The first-order chi connectivity index (χ1) is 8.78. The molecule has 1 aliphatic heterocycles. The van der Waals surface area contributed by atoms with Crippen molar-refractivity contribution in [2.45, 2.75) is 60.1 Å². The summed E-state index contributed by atoms with van der Waals surface area (Å²) in [5, 5.41) is 0. The van der Waals surface area contributed by atoms with Crippen LogP contribution < -0.4 is 0 Å². The van der Waals surface area contributed by atoms with Crippen LogP contribution in [0.2, 0.25) is 0 Å². The molecule has 0 saturated carbocycles. The van der Waals surface area contributed by atoms with E-state index in [2.05, 4.69) is 51.3 Å². The number of hydrogen-bond acceptors (Lipinski definition) is 3. The lowest BCUT2D eigenvalue weighted by Gasteiger charge is -2.40. The third kappa shape index (κ3) is 7.28. The van der Waals surface area contributed by atoms with Gasteiger partial charge in [0.15, 0.2) is 0 Å². The molecule has 0 N–H and O–H groups in total. The zero-order valence-corrected chi connectivity index (χ0v) is 13.9. The van der Waals surface area contributed by atoms with Gasteiger partial charge in [-0.15, -0.1) is 0 Å². The first kappa shape index (κ1) is 16.9. The van der Waals surface area contributed by atoms with E-state index in [1.165, 1.54) is 32.6 Å². The molecule has 1 saturated heterocycles. The number of rotatable bonds is 6. The lowest BCUT2D eigenvalue weighted by Crippen LogP contribution is -2.53. The summed E-state index contributed by atoms with van der Waals surface area (Å²) in [5.41, 5.74) is 0.446. The summed E-state index contributed by atoms with van der Waals surface area (Å²) in [4.78, 5) is 5.19.